The highest BCUT2D eigenvalue weighted by Crippen LogP contribution is 2.30. The molecule has 0 amide bonds. The van der Waals surface area contributed by atoms with Crippen LogP contribution in [-0.2, 0) is 26.2 Å². The number of benzene rings is 1. The van der Waals surface area contributed by atoms with Gasteiger partial charge < -0.3 is 18.8 Å². The topological polar surface area (TPSA) is 91.7 Å². The molecule has 35 heavy (non-hydrogen) atoms. The Bertz CT molecular complexity index is 1270. The summed E-state index contributed by atoms with van der Waals surface area (Å²) in [5, 5.41) is 0.956. The van der Waals surface area contributed by atoms with E-state index in [0.717, 1.165) is 29.2 Å². The number of aryl methyl sites for hydroxylation is 1. The van der Waals surface area contributed by atoms with Gasteiger partial charge in [-0.2, -0.15) is 4.98 Å². The number of hydrogen-bond acceptors (Lipinski definition) is 6. The van der Waals surface area contributed by atoms with Crippen molar-refractivity contribution in [3.05, 3.63) is 52.6 Å². The van der Waals surface area contributed by atoms with E-state index < -0.39 is 30.2 Å². The molecule has 1 aliphatic rings. The molecule has 1 N–H and O–H groups in total. The summed E-state index contributed by atoms with van der Waals surface area (Å²) in [6.45, 7) is 10.5. The molecule has 8 nitrogen and oxygen atoms in total. The third-order valence-electron chi connectivity index (χ3n) is 5.81. The number of rotatable bonds is 10. The number of ether oxygens (including phenoxy) is 3. The Hall–Kier alpha value is -1.76. The Kier molecular flexibility index (Phi) is 8.04. The van der Waals surface area contributed by atoms with Crippen LogP contribution in [0.25, 0.3) is 11.0 Å². The van der Waals surface area contributed by atoms with Crippen LogP contribution in [0.1, 0.15) is 5.56 Å². The number of sulfonamides is 1. The van der Waals surface area contributed by atoms with Gasteiger partial charge in [0.1, 0.15) is 18.5 Å². The van der Waals surface area contributed by atoms with Crippen molar-refractivity contribution in [1.82, 2.24) is 14.3 Å². The monoisotopic (exact) mass is 581 g/mol. The van der Waals surface area contributed by atoms with Gasteiger partial charge in [-0.3, -0.25) is 0 Å². The summed E-state index contributed by atoms with van der Waals surface area (Å²) in [7, 11) is -4.87. The maximum absolute atomic E-state index is 12.9. The first-order valence-corrected chi connectivity index (χ1v) is 17.6. The van der Waals surface area contributed by atoms with E-state index in [0.29, 0.717) is 17.1 Å². The molecule has 4 rings (SSSR count). The molecule has 2 unspecified atom stereocenters. The van der Waals surface area contributed by atoms with E-state index in [1.807, 2.05) is 29.8 Å². The van der Waals surface area contributed by atoms with Crippen LogP contribution < -0.4 is 9.46 Å². The van der Waals surface area contributed by atoms with E-state index in [2.05, 4.69) is 40.3 Å². The van der Waals surface area contributed by atoms with Crippen LogP contribution in [0.5, 0.6) is 5.88 Å². The van der Waals surface area contributed by atoms with E-state index in [-0.39, 0.29) is 18.1 Å². The van der Waals surface area contributed by atoms with Crippen molar-refractivity contribution in [3.8, 4) is 5.88 Å². The molecule has 0 aliphatic carbocycles. The molecule has 1 aromatic carbocycles. The van der Waals surface area contributed by atoms with Gasteiger partial charge in [-0.15, -0.1) is 0 Å². The number of nitrogens with zero attached hydrogens (tertiary/aromatic N) is 2. The van der Waals surface area contributed by atoms with Gasteiger partial charge >= 0.3 is 0 Å². The average Bonchev–Trinajstić information content (AvgIpc) is 3.37. The maximum atomic E-state index is 12.9. The highest BCUT2D eigenvalue weighted by Gasteiger charge is 2.34. The first kappa shape index (κ1) is 26.3. The molecular formula is C24H32BrN3O5SSi. The minimum atomic E-state index is -3.71. The van der Waals surface area contributed by atoms with Gasteiger partial charge in [-0.1, -0.05) is 37.3 Å². The van der Waals surface area contributed by atoms with E-state index in [9.17, 15) is 8.42 Å². The van der Waals surface area contributed by atoms with Gasteiger partial charge in [0.15, 0.2) is 0 Å². The minimum absolute atomic E-state index is 0.210. The Morgan fingerprint density at radius 1 is 1.20 bits per heavy atom. The second-order valence-corrected chi connectivity index (χ2v) is 18.2. The van der Waals surface area contributed by atoms with Gasteiger partial charge in [-0.05, 0) is 53.2 Å². The van der Waals surface area contributed by atoms with Gasteiger partial charge in [0, 0.05) is 26.3 Å². The second kappa shape index (κ2) is 10.7. The Labute approximate surface area is 216 Å². The van der Waals surface area contributed by atoms with Gasteiger partial charge in [0.25, 0.3) is 0 Å². The zero-order valence-electron chi connectivity index (χ0n) is 20.5. The molecule has 0 bridgehead atoms. The van der Waals surface area contributed by atoms with E-state index in [4.69, 9.17) is 19.2 Å². The van der Waals surface area contributed by atoms with Crippen LogP contribution in [0, 0.1) is 6.92 Å². The first-order valence-electron chi connectivity index (χ1n) is 11.6. The molecule has 1 aliphatic heterocycles. The standard InChI is InChI=1S/C24H32BrN3O5SSi/c1-17-5-7-19(8-6-17)34(29,30)27-21-14-32-15-22(21)33-24-20(25)13-18-9-10-28(23(18)26-24)16-31-11-12-35(2,3)4/h5-10,13,21-22,27H,11-12,14-16H2,1-4H3. The van der Waals surface area contributed by atoms with Crippen molar-refractivity contribution >= 4 is 45.1 Å². The van der Waals surface area contributed by atoms with E-state index in [1.54, 1.807) is 24.3 Å². The van der Waals surface area contributed by atoms with Crippen molar-refractivity contribution in [2.75, 3.05) is 19.8 Å². The molecule has 3 aromatic rings. The molecule has 0 spiro atoms. The normalized spacial score (nSPS) is 18.9. The van der Waals surface area contributed by atoms with Crippen molar-refractivity contribution in [2.45, 2.75) is 56.4 Å². The largest absolute Gasteiger partial charge is 0.469 e. The van der Waals surface area contributed by atoms with Crippen LogP contribution in [0.2, 0.25) is 25.7 Å². The number of nitrogens with one attached hydrogen (secondary N) is 1. The Morgan fingerprint density at radius 3 is 2.66 bits per heavy atom. The van der Waals surface area contributed by atoms with Gasteiger partial charge in [-0.25, -0.2) is 13.1 Å². The summed E-state index contributed by atoms with van der Waals surface area (Å²) < 4.78 is 48.7. The first-order chi connectivity index (χ1) is 16.5. The van der Waals surface area contributed by atoms with Crippen molar-refractivity contribution in [3.63, 3.8) is 0 Å². The number of aromatic nitrogens is 2. The molecule has 2 aromatic heterocycles. The summed E-state index contributed by atoms with van der Waals surface area (Å²) in [6.07, 6.45) is 1.42. The van der Waals surface area contributed by atoms with Crippen molar-refractivity contribution < 1.29 is 22.6 Å². The molecule has 0 radical (unpaired) electrons. The summed E-state index contributed by atoms with van der Waals surface area (Å²) in [5.74, 6) is 0.384. The summed E-state index contributed by atoms with van der Waals surface area (Å²) in [4.78, 5) is 4.92. The van der Waals surface area contributed by atoms with Crippen molar-refractivity contribution in [1.29, 1.82) is 0 Å². The lowest BCUT2D eigenvalue weighted by Gasteiger charge is -2.21. The third kappa shape index (κ3) is 6.72. The van der Waals surface area contributed by atoms with Crippen LogP contribution in [0.4, 0.5) is 0 Å². The number of pyridine rings is 1. The van der Waals surface area contributed by atoms with Crippen LogP contribution in [0.3, 0.4) is 0 Å². The van der Waals surface area contributed by atoms with Gasteiger partial charge in [0.2, 0.25) is 15.9 Å². The fraction of sp³-hybridized carbons (Fsp3) is 0.458. The lowest BCUT2D eigenvalue weighted by Crippen LogP contribution is -2.45. The van der Waals surface area contributed by atoms with Crippen molar-refractivity contribution in [2.24, 2.45) is 0 Å². The molecule has 3 heterocycles. The molecule has 0 saturated carbocycles. The van der Waals surface area contributed by atoms with Crippen LogP contribution >= 0.6 is 15.9 Å². The lowest BCUT2D eigenvalue weighted by atomic mass is 10.2. The third-order valence-corrected chi connectivity index (χ3v) is 9.59. The predicted octanol–water partition coefficient (Wildman–Crippen LogP) is 4.54. The molecule has 190 valence electrons. The van der Waals surface area contributed by atoms with Gasteiger partial charge in [0.05, 0.1) is 28.6 Å². The fourth-order valence-corrected chi connectivity index (χ4v) is 6.12. The summed E-state index contributed by atoms with van der Waals surface area (Å²) in [5.41, 5.74) is 1.73. The molecule has 11 heteroatoms. The molecule has 2 atom stereocenters. The SMILES string of the molecule is Cc1ccc(S(=O)(=O)NC2COCC2Oc2nc3c(ccn3COCC[Si](C)(C)C)cc2Br)cc1. The zero-order chi connectivity index (χ0) is 25.2. The Balaban J connectivity index is 1.47. The van der Waals surface area contributed by atoms with Crippen LogP contribution in [0.15, 0.2) is 52.0 Å². The number of hydrogen-bond donors (Lipinski definition) is 1. The number of fused-ring (bicyclic) bond motifs is 1. The summed E-state index contributed by atoms with van der Waals surface area (Å²) >= 11 is 3.54. The zero-order valence-corrected chi connectivity index (χ0v) is 23.9. The second-order valence-electron chi connectivity index (χ2n) is 10.1. The maximum Gasteiger partial charge on any atom is 0.241 e. The number of halogens is 1. The molecule has 1 fully saturated rings. The summed E-state index contributed by atoms with van der Waals surface area (Å²) in [6, 6.07) is 11.2. The van der Waals surface area contributed by atoms with Crippen LogP contribution in [-0.4, -0.2) is 58.0 Å². The Morgan fingerprint density at radius 2 is 1.94 bits per heavy atom. The highest BCUT2D eigenvalue weighted by molar-refractivity contribution is 9.10. The smallest absolute Gasteiger partial charge is 0.241 e. The fourth-order valence-electron chi connectivity index (χ4n) is 3.69. The average molecular weight is 583 g/mol. The lowest BCUT2D eigenvalue weighted by molar-refractivity contribution is 0.0897. The van der Waals surface area contributed by atoms with E-state index >= 15 is 0 Å². The molecule has 1 saturated heterocycles. The quantitative estimate of drug-likeness (QED) is 0.279. The molecular weight excluding hydrogens is 550 g/mol. The van der Waals surface area contributed by atoms with E-state index in [1.165, 1.54) is 0 Å². The highest BCUT2D eigenvalue weighted by atomic mass is 79.9. The minimum Gasteiger partial charge on any atom is -0.469 e. The predicted molar refractivity (Wildman–Crippen MR) is 142 cm³/mol.